The summed E-state index contributed by atoms with van der Waals surface area (Å²) in [5, 5.41) is 5.82. The van der Waals surface area contributed by atoms with Crippen LogP contribution in [0, 0.1) is 0 Å². The molecule has 0 aliphatic carbocycles. The fraction of sp³-hybridized carbons (Fsp3) is 0.615. The van der Waals surface area contributed by atoms with E-state index in [-0.39, 0.29) is 5.91 Å². The molecule has 19 heavy (non-hydrogen) atoms. The molecule has 0 saturated carbocycles. The van der Waals surface area contributed by atoms with Crippen LogP contribution in [0.3, 0.4) is 0 Å². The Hall–Kier alpha value is -1.85. The van der Waals surface area contributed by atoms with E-state index in [4.69, 9.17) is 4.74 Å². The minimum absolute atomic E-state index is 0.0349. The van der Waals surface area contributed by atoms with Gasteiger partial charge < -0.3 is 15.4 Å². The zero-order valence-corrected chi connectivity index (χ0v) is 11.6. The average molecular weight is 266 g/mol. The quantitative estimate of drug-likeness (QED) is 0.710. The fourth-order valence-corrected chi connectivity index (χ4v) is 1.35. The Balaban J connectivity index is 2.30. The van der Waals surface area contributed by atoms with E-state index in [2.05, 4.69) is 20.6 Å². The van der Waals surface area contributed by atoms with E-state index < -0.39 is 0 Å². The number of hydrogen-bond acceptors (Lipinski definition) is 5. The summed E-state index contributed by atoms with van der Waals surface area (Å²) in [6.07, 6.45) is 3.92. The number of amides is 1. The molecule has 0 aliphatic rings. The standard InChI is InChI=1S/C13H22N4O2/c1-3-7-14-11(18)5-8-15-13-16-9-6-12(17-13)19-10-4-2/h6,9H,3-5,7-8,10H2,1-2H3,(H,14,18)(H,15,16,17). The van der Waals surface area contributed by atoms with Gasteiger partial charge in [-0.1, -0.05) is 13.8 Å². The molecule has 1 heterocycles. The zero-order valence-electron chi connectivity index (χ0n) is 11.6. The number of nitrogens with one attached hydrogen (secondary N) is 2. The van der Waals surface area contributed by atoms with Gasteiger partial charge in [0.05, 0.1) is 6.61 Å². The van der Waals surface area contributed by atoms with Crippen molar-refractivity contribution >= 4 is 11.9 Å². The summed E-state index contributed by atoms with van der Waals surface area (Å²) in [6, 6.07) is 1.72. The lowest BCUT2D eigenvalue weighted by Crippen LogP contribution is -2.26. The van der Waals surface area contributed by atoms with Gasteiger partial charge in [0.2, 0.25) is 17.7 Å². The molecule has 6 nitrogen and oxygen atoms in total. The first kappa shape index (κ1) is 15.2. The molecule has 0 spiro atoms. The maximum Gasteiger partial charge on any atom is 0.225 e. The van der Waals surface area contributed by atoms with Crippen LogP contribution in [0.1, 0.15) is 33.1 Å². The van der Waals surface area contributed by atoms with Crippen molar-refractivity contribution in [2.45, 2.75) is 33.1 Å². The van der Waals surface area contributed by atoms with Crippen LogP contribution in [0.4, 0.5) is 5.95 Å². The molecule has 0 fully saturated rings. The van der Waals surface area contributed by atoms with Crippen LogP contribution < -0.4 is 15.4 Å². The molecule has 0 unspecified atom stereocenters. The van der Waals surface area contributed by atoms with Gasteiger partial charge in [0.25, 0.3) is 0 Å². The van der Waals surface area contributed by atoms with Gasteiger partial charge >= 0.3 is 0 Å². The molecule has 0 aliphatic heterocycles. The third-order valence-electron chi connectivity index (χ3n) is 2.29. The van der Waals surface area contributed by atoms with E-state index >= 15 is 0 Å². The van der Waals surface area contributed by atoms with Crippen molar-refractivity contribution in [2.24, 2.45) is 0 Å². The molecule has 1 amide bonds. The highest BCUT2D eigenvalue weighted by Crippen LogP contribution is 2.08. The summed E-state index contributed by atoms with van der Waals surface area (Å²) in [5.41, 5.74) is 0. The van der Waals surface area contributed by atoms with Crippen molar-refractivity contribution in [1.29, 1.82) is 0 Å². The second-order valence-electron chi connectivity index (χ2n) is 4.09. The smallest absolute Gasteiger partial charge is 0.225 e. The van der Waals surface area contributed by atoms with Crippen LogP contribution in [-0.4, -0.2) is 35.6 Å². The van der Waals surface area contributed by atoms with Crippen molar-refractivity contribution in [2.75, 3.05) is 25.0 Å². The Morgan fingerprint density at radius 3 is 2.89 bits per heavy atom. The Bertz CT molecular complexity index is 385. The number of nitrogens with zero attached hydrogens (tertiary/aromatic N) is 2. The third kappa shape index (κ3) is 6.59. The third-order valence-corrected chi connectivity index (χ3v) is 2.29. The van der Waals surface area contributed by atoms with Gasteiger partial charge in [0.1, 0.15) is 0 Å². The van der Waals surface area contributed by atoms with Gasteiger partial charge in [-0.05, 0) is 12.8 Å². The first-order valence-electron chi connectivity index (χ1n) is 6.72. The average Bonchev–Trinajstić information content (AvgIpc) is 2.43. The lowest BCUT2D eigenvalue weighted by atomic mass is 10.4. The second-order valence-corrected chi connectivity index (χ2v) is 4.09. The molecule has 1 rings (SSSR count). The predicted molar refractivity (Wildman–Crippen MR) is 74.2 cm³/mol. The summed E-state index contributed by atoms with van der Waals surface area (Å²) >= 11 is 0. The van der Waals surface area contributed by atoms with Crippen molar-refractivity contribution < 1.29 is 9.53 Å². The van der Waals surface area contributed by atoms with Crippen LogP contribution in [-0.2, 0) is 4.79 Å². The number of ether oxygens (including phenoxy) is 1. The first-order valence-corrected chi connectivity index (χ1v) is 6.72. The van der Waals surface area contributed by atoms with E-state index in [1.165, 1.54) is 0 Å². The van der Waals surface area contributed by atoms with Crippen LogP contribution >= 0.6 is 0 Å². The molecular weight excluding hydrogens is 244 g/mol. The lowest BCUT2D eigenvalue weighted by Gasteiger charge is -2.07. The number of anilines is 1. The van der Waals surface area contributed by atoms with E-state index in [0.29, 0.717) is 31.4 Å². The minimum atomic E-state index is 0.0349. The summed E-state index contributed by atoms with van der Waals surface area (Å²) in [4.78, 5) is 19.6. The molecule has 0 radical (unpaired) electrons. The topological polar surface area (TPSA) is 76.1 Å². The van der Waals surface area contributed by atoms with E-state index in [9.17, 15) is 4.79 Å². The second kappa shape index (κ2) is 9.13. The van der Waals surface area contributed by atoms with Crippen LogP contribution in [0.15, 0.2) is 12.3 Å². The Kier molecular flexibility index (Phi) is 7.31. The van der Waals surface area contributed by atoms with Gasteiger partial charge in [-0.25, -0.2) is 4.98 Å². The molecule has 0 bridgehead atoms. The highest BCUT2D eigenvalue weighted by atomic mass is 16.5. The SMILES string of the molecule is CCCNC(=O)CCNc1nccc(OCCC)n1. The number of aromatic nitrogens is 2. The summed E-state index contributed by atoms with van der Waals surface area (Å²) < 4.78 is 5.41. The Morgan fingerprint density at radius 1 is 1.32 bits per heavy atom. The molecule has 0 atom stereocenters. The Labute approximate surface area is 114 Å². The van der Waals surface area contributed by atoms with Crippen molar-refractivity contribution in [3.63, 3.8) is 0 Å². The van der Waals surface area contributed by atoms with Crippen molar-refractivity contribution in [3.05, 3.63) is 12.3 Å². The fourth-order valence-electron chi connectivity index (χ4n) is 1.35. The summed E-state index contributed by atoms with van der Waals surface area (Å²) in [7, 11) is 0. The number of carbonyl (C=O) groups excluding carboxylic acids is 1. The number of carbonyl (C=O) groups is 1. The highest BCUT2D eigenvalue weighted by molar-refractivity contribution is 5.76. The molecule has 6 heteroatoms. The van der Waals surface area contributed by atoms with Crippen LogP contribution in [0.5, 0.6) is 5.88 Å². The molecule has 2 N–H and O–H groups in total. The van der Waals surface area contributed by atoms with Crippen LogP contribution in [0.2, 0.25) is 0 Å². The van der Waals surface area contributed by atoms with Crippen molar-refractivity contribution in [3.8, 4) is 5.88 Å². The van der Waals surface area contributed by atoms with E-state index in [1.807, 2.05) is 13.8 Å². The van der Waals surface area contributed by atoms with Gasteiger partial charge in [-0.15, -0.1) is 0 Å². The minimum Gasteiger partial charge on any atom is -0.478 e. The maximum atomic E-state index is 11.4. The zero-order chi connectivity index (χ0) is 13.9. The molecule has 0 aromatic carbocycles. The monoisotopic (exact) mass is 266 g/mol. The molecular formula is C13H22N4O2. The molecule has 1 aromatic heterocycles. The largest absolute Gasteiger partial charge is 0.478 e. The lowest BCUT2D eigenvalue weighted by molar-refractivity contribution is -0.120. The predicted octanol–water partition coefficient (Wildman–Crippen LogP) is 1.59. The number of rotatable bonds is 9. The van der Waals surface area contributed by atoms with Gasteiger partial charge in [0.15, 0.2) is 0 Å². The van der Waals surface area contributed by atoms with Gasteiger partial charge in [-0.2, -0.15) is 4.98 Å². The van der Waals surface area contributed by atoms with E-state index in [0.717, 1.165) is 19.4 Å². The Morgan fingerprint density at radius 2 is 2.16 bits per heavy atom. The molecule has 0 saturated heterocycles. The highest BCUT2D eigenvalue weighted by Gasteiger charge is 2.02. The molecule has 1 aromatic rings. The number of hydrogen-bond donors (Lipinski definition) is 2. The van der Waals surface area contributed by atoms with Gasteiger partial charge in [-0.3, -0.25) is 4.79 Å². The maximum absolute atomic E-state index is 11.4. The normalized spacial score (nSPS) is 10.0. The van der Waals surface area contributed by atoms with Crippen molar-refractivity contribution in [1.82, 2.24) is 15.3 Å². The first-order chi connectivity index (χ1) is 9.26. The van der Waals surface area contributed by atoms with Crippen LogP contribution in [0.25, 0.3) is 0 Å². The van der Waals surface area contributed by atoms with E-state index in [1.54, 1.807) is 12.3 Å². The molecule has 106 valence electrons. The van der Waals surface area contributed by atoms with Gasteiger partial charge in [0, 0.05) is 31.8 Å². The summed E-state index contributed by atoms with van der Waals surface area (Å²) in [5.74, 6) is 1.07. The summed E-state index contributed by atoms with van der Waals surface area (Å²) in [6.45, 7) is 5.92.